The smallest absolute Gasteiger partial charge is 0.161 e. The molecule has 29 heavy (non-hydrogen) atoms. The molecule has 4 rings (SSSR count). The zero-order valence-electron chi connectivity index (χ0n) is 17.1. The van der Waals surface area contributed by atoms with E-state index in [1.54, 1.807) is 7.11 Å². The highest BCUT2D eigenvalue weighted by atomic mass is 16.5. The van der Waals surface area contributed by atoms with E-state index in [0.717, 1.165) is 48.3 Å². The topological polar surface area (TPSA) is 35.5 Å². The fourth-order valence-corrected chi connectivity index (χ4v) is 4.41. The second kappa shape index (κ2) is 8.74. The highest BCUT2D eigenvalue weighted by molar-refractivity contribution is 5.80. The molecule has 2 aromatic carbocycles. The molecule has 0 aliphatic heterocycles. The Bertz CT molecular complexity index is 904. The van der Waals surface area contributed by atoms with Crippen LogP contribution in [0.5, 0.6) is 11.5 Å². The molecular formula is C26H28O3. The first-order chi connectivity index (χ1) is 14.2. The van der Waals surface area contributed by atoms with Gasteiger partial charge in [-0.2, -0.15) is 0 Å². The van der Waals surface area contributed by atoms with Gasteiger partial charge in [-0.15, -0.1) is 0 Å². The molecule has 0 radical (unpaired) electrons. The first kappa shape index (κ1) is 19.6. The summed E-state index contributed by atoms with van der Waals surface area (Å²) in [6, 6.07) is 16.2. The Morgan fingerprint density at radius 3 is 2.38 bits per heavy atom. The van der Waals surface area contributed by atoms with Gasteiger partial charge >= 0.3 is 0 Å². The minimum atomic E-state index is -0.330. The third-order valence-corrected chi connectivity index (χ3v) is 6.19. The lowest BCUT2D eigenvalue weighted by Gasteiger charge is -2.33. The van der Waals surface area contributed by atoms with Gasteiger partial charge in [-0.25, -0.2) is 0 Å². The number of ketones is 1. The van der Waals surface area contributed by atoms with Crippen molar-refractivity contribution in [2.24, 2.45) is 0 Å². The van der Waals surface area contributed by atoms with E-state index in [4.69, 9.17) is 9.47 Å². The molecule has 0 aromatic heterocycles. The van der Waals surface area contributed by atoms with Crippen molar-refractivity contribution in [3.63, 3.8) is 0 Å². The van der Waals surface area contributed by atoms with Crippen LogP contribution < -0.4 is 9.47 Å². The zero-order valence-corrected chi connectivity index (χ0v) is 17.1. The number of Topliss-reactive ketones (excluding diaryl/α,β-unsaturated/α-hetero) is 1. The molecule has 2 fully saturated rings. The number of benzene rings is 2. The predicted molar refractivity (Wildman–Crippen MR) is 114 cm³/mol. The monoisotopic (exact) mass is 388 g/mol. The van der Waals surface area contributed by atoms with Crippen LogP contribution in [0.4, 0.5) is 0 Å². The Hall–Kier alpha value is -2.73. The van der Waals surface area contributed by atoms with Crippen LogP contribution in [0, 0.1) is 11.8 Å². The first-order valence-electron chi connectivity index (χ1n) is 10.6. The van der Waals surface area contributed by atoms with E-state index >= 15 is 0 Å². The molecule has 0 bridgehead atoms. The molecule has 0 N–H and O–H groups in total. The molecule has 3 heteroatoms. The largest absolute Gasteiger partial charge is 0.493 e. The number of ether oxygens (including phenoxy) is 2. The molecule has 3 nitrogen and oxygen atoms in total. The van der Waals surface area contributed by atoms with E-state index in [1.165, 1.54) is 12.8 Å². The van der Waals surface area contributed by atoms with Crippen molar-refractivity contribution >= 4 is 5.78 Å². The van der Waals surface area contributed by atoms with Crippen LogP contribution in [0.2, 0.25) is 0 Å². The highest BCUT2D eigenvalue weighted by Crippen LogP contribution is 2.42. The minimum absolute atomic E-state index is 0.262. The van der Waals surface area contributed by atoms with Crippen LogP contribution in [0.25, 0.3) is 0 Å². The van der Waals surface area contributed by atoms with Crippen LogP contribution >= 0.6 is 0 Å². The van der Waals surface area contributed by atoms with Gasteiger partial charge in [-0.05, 0) is 68.4 Å². The molecule has 0 spiro atoms. The second-order valence-electron chi connectivity index (χ2n) is 8.13. The minimum Gasteiger partial charge on any atom is -0.493 e. The van der Waals surface area contributed by atoms with Crippen molar-refractivity contribution in [1.82, 2.24) is 0 Å². The summed E-state index contributed by atoms with van der Waals surface area (Å²) in [5, 5.41) is 0. The Morgan fingerprint density at radius 1 is 0.966 bits per heavy atom. The average molecular weight is 389 g/mol. The van der Waals surface area contributed by atoms with Crippen molar-refractivity contribution in [3.8, 4) is 23.3 Å². The van der Waals surface area contributed by atoms with Gasteiger partial charge in [0.15, 0.2) is 11.5 Å². The van der Waals surface area contributed by atoms with Gasteiger partial charge in [0.2, 0.25) is 0 Å². The number of carbonyl (C=O) groups is 1. The molecule has 2 aromatic rings. The van der Waals surface area contributed by atoms with Crippen LogP contribution in [0.3, 0.4) is 0 Å². The lowest BCUT2D eigenvalue weighted by molar-refractivity contribution is -0.120. The number of hydrogen-bond acceptors (Lipinski definition) is 3. The van der Waals surface area contributed by atoms with Crippen LogP contribution in [-0.4, -0.2) is 19.0 Å². The molecule has 0 heterocycles. The number of carbonyl (C=O) groups excluding carboxylic acids is 1. The van der Waals surface area contributed by atoms with Crippen molar-refractivity contribution in [1.29, 1.82) is 0 Å². The molecular weight excluding hydrogens is 360 g/mol. The predicted octanol–water partition coefficient (Wildman–Crippen LogP) is 5.45. The maximum Gasteiger partial charge on any atom is 0.161 e. The van der Waals surface area contributed by atoms with Crippen molar-refractivity contribution < 1.29 is 14.3 Å². The summed E-state index contributed by atoms with van der Waals surface area (Å²) in [6.07, 6.45) is 7.56. The van der Waals surface area contributed by atoms with Gasteiger partial charge in [0.1, 0.15) is 5.78 Å². The average Bonchev–Trinajstić information content (AvgIpc) is 3.27. The maximum atomic E-state index is 12.0. The van der Waals surface area contributed by atoms with Gasteiger partial charge in [-0.3, -0.25) is 4.79 Å². The van der Waals surface area contributed by atoms with Crippen LogP contribution in [-0.2, 0) is 10.2 Å². The Morgan fingerprint density at radius 2 is 1.69 bits per heavy atom. The van der Waals surface area contributed by atoms with Crippen LogP contribution in [0.15, 0.2) is 48.5 Å². The Labute approximate surface area is 173 Å². The quantitative estimate of drug-likeness (QED) is 0.654. The third kappa shape index (κ3) is 4.48. The lowest BCUT2D eigenvalue weighted by Crippen LogP contribution is -2.30. The molecule has 0 saturated heterocycles. The van der Waals surface area contributed by atoms with Crippen molar-refractivity contribution in [2.45, 2.75) is 62.9 Å². The Balaban J connectivity index is 1.70. The van der Waals surface area contributed by atoms with E-state index in [-0.39, 0.29) is 11.5 Å². The highest BCUT2D eigenvalue weighted by Gasteiger charge is 2.36. The summed E-state index contributed by atoms with van der Waals surface area (Å²) in [5.74, 6) is 8.80. The van der Waals surface area contributed by atoms with Crippen molar-refractivity contribution in [2.75, 3.05) is 7.11 Å². The SMILES string of the molecule is COc1ccc(C2(C#Cc3ccccc3)CCC(=O)CC2)cc1OC1CCCC1. The lowest BCUT2D eigenvalue weighted by atomic mass is 9.69. The summed E-state index contributed by atoms with van der Waals surface area (Å²) in [5.41, 5.74) is 1.80. The summed E-state index contributed by atoms with van der Waals surface area (Å²) in [6.45, 7) is 0. The molecule has 2 aliphatic carbocycles. The molecule has 2 aliphatic rings. The zero-order chi connectivity index (χ0) is 20.1. The second-order valence-corrected chi connectivity index (χ2v) is 8.13. The third-order valence-electron chi connectivity index (χ3n) is 6.19. The number of hydrogen-bond donors (Lipinski definition) is 0. The standard InChI is InChI=1S/C26H28O3/c1-28-24-12-11-21(19-25(24)29-23-9-5-6-10-23)26(17-14-22(27)15-18-26)16-13-20-7-3-2-4-8-20/h2-4,7-8,11-12,19,23H,5-6,9-10,14-15,17-18H2,1H3. The van der Waals surface area contributed by atoms with E-state index in [1.807, 2.05) is 36.4 Å². The summed E-state index contributed by atoms with van der Waals surface area (Å²) < 4.78 is 11.9. The molecule has 0 amide bonds. The molecule has 0 unspecified atom stereocenters. The number of methoxy groups -OCH3 is 1. The van der Waals surface area contributed by atoms with Gasteiger partial charge in [-0.1, -0.05) is 36.1 Å². The van der Waals surface area contributed by atoms with E-state index < -0.39 is 0 Å². The van der Waals surface area contributed by atoms with Gasteiger partial charge < -0.3 is 9.47 Å². The van der Waals surface area contributed by atoms with Gasteiger partial charge in [0.05, 0.1) is 18.6 Å². The van der Waals surface area contributed by atoms with Crippen molar-refractivity contribution in [3.05, 3.63) is 59.7 Å². The summed E-state index contributed by atoms with van der Waals surface area (Å²) >= 11 is 0. The normalized spacial score (nSPS) is 18.7. The van der Waals surface area contributed by atoms with Gasteiger partial charge in [0.25, 0.3) is 0 Å². The molecule has 0 atom stereocenters. The van der Waals surface area contributed by atoms with Crippen LogP contribution in [0.1, 0.15) is 62.5 Å². The fourth-order valence-electron chi connectivity index (χ4n) is 4.41. The molecule has 2 saturated carbocycles. The maximum absolute atomic E-state index is 12.0. The van der Waals surface area contributed by atoms with E-state index in [9.17, 15) is 4.79 Å². The molecule has 150 valence electrons. The number of rotatable bonds is 4. The van der Waals surface area contributed by atoms with E-state index in [0.29, 0.717) is 18.6 Å². The Kier molecular flexibility index (Phi) is 5.90. The summed E-state index contributed by atoms with van der Waals surface area (Å²) in [4.78, 5) is 12.0. The fraction of sp³-hybridized carbons (Fsp3) is 0.423. The van der Waals surface area contributed by atoms with E-state index in [2.05, 4.69) is 24.0 Å². The first-order valence-corrected chi connectivity index (χ1v) is 10.6. The summed E-state index contributed by atoms with van der Waals surface area (Å²) in [7, 11) is 1.68. The van der Waals surface area contributed by atoms with Gasteiger partial charge in [0, 0.05) is 18.4 Å².